The van der Waals surface area contributed by atoms with Gasteiger partial charge in [-0.2, -0.15) is 0 Å². The number of carbonyl (C=O) groups is 9. The van der Waals surface area contributed by atoms with E-state index in [1.165, 1.54) is 0 Å². The molecule has 468 valence electrons. The third-order valence-corrected chi connectivity index (χ3v) is 19.2. The first-order chi connectivity index (χ1) is 41.7. The van der Waals surface area contributed by atoms with Gasteiger partial charge in [0, 0.05) is 41.4 Å². The molecule has 0 N–H and O–H groups in total. The van der Waals surface area contributed by atoms with Crippen molar-refractivity contribution in [2.24, 2.45) is 47.3 Å². The van der Waals surface area contributed by atoms with Crippen molar-refractivity contribution in [3.63, 3.8) is 0 Å². The van der Waals surface area contributed by atoms with Crippen LogP contribution in [-0.4, -0.2) is 89.8 Å². The molecule has 6 saturated carbocycles. The van der Waals surface area contributed by atoms with Crippen LogP contribution in [0.15, 0.2) is 109 Å². The average Bonchev–Trinajstić information content (AvgIpc) is 2.38. The lowest BCUT2D eigenvalue weighted by molar-refractivity contribution is -0.157. The summed E-state index contributed by atoms with van der Waals surface area (Å²) in [7, 11) is 0. The predicted octanol–water partition coefficient (Wildman–Crippen LogP) is 11.6. The second-order valence-electron chi connectivity index (χ2n) is 26.7. The van der Waals surface area contributed by atoms with Crippen LogP contribution < -0.4 is 0 Å². The van der Waals surface area contributed by atoms with E-state index in [-0.39, 0.29) is 78.0 Å². The van der Waals surface area contributed by atoms with Crippen LogP contribution in [0.1, 0.15) is 192 Å². The van der Waals surface area contributed by atoms with Gasteiger partial charge in [0.2, 0.25) is 0 Å². The van der Waals surface area contributed by atoms with Crippen molar-refractivity contribution >= 4 is 53.7 Å². The van der Waals surface area contributed by atoms with Crippen molar-refractivity contribution in [2.75, 3.05) is 0 Å². The van der Waals surface area contributed by atoms with Crippen molar-refractivity contribution in [2.45, 2.75) is 186 Å². The maximum absolute atomic E-state index is 12.8. The number of carbonyl (C=O) groups excluding carboxylic acids is 9. The number of hydrogen-bond acceptors (Lipinski definition) is 18. The van der Waals surface area contributed by atoms with E-state index in [9.17, 15) is 43.2 Å². The van der Waals surface area contributed by atoms with Gasteiger partial charge in [0.1, 0.15) is 53.9 Å². The molecule has 3 aromatic carbocycles. The summed E-state index contributed by atoms with van der Waals surface area (Å²) >= 11 is 0. The summed E-state index contributed by atoms with van der Waals surface area (Å²) in [6, 6.07) is 20.5. The number of hydrogen-bond donors (Lipinski definition) is 0. The van der Waals surface area contributed by atoms with Gasteiger partial charge in [-0.15, -0.1) is 0 Å². The molecule has 16 atom stereocenters. The Hall–Kier alpha value is -7.89. The second-order valence-corrected chi connectivity index (χ2v) is 26.7. The van der Waals surface area contributed by atoms with Crippen LogP contribution in [0, 0.1) is 47.3 Å². The van der Waals surface area contributed by atoms with Crippen LogP contribution in [0.4, 0.5) is 0 Å². The van der Waals surface area contributed by atoms with E-state index >= 15 is 0 Å². The van der Waals surface area contributed by atoms with Crippen LogP contribution in [0.3, 0.4) is 0 Å². The molecule has 18 nitrogen and oxygen atoms in total. The van der Waals surface area contributed by atoms with Gasteiger partial charge < -0.3 is 42.6 Å². The minimum atomic E-state index is -0.855. The standard InChI is InChI=1S/C24H28O6.2C23H26O6/c1-13(2)21(25)30-24(3,4)18-7-5-15(6-8-18)22(26)29-20-16-9-14-10-17(12-16)23(27)28-19(20)11-14;1-13(2)20(24)27-14(3)16-4-6-17(7-5-16)22(26)29-23-10-15-8-18(11-23)21(25)28-19(9-15)12-23;1-12(2)21(24)27-13(3)15-4-6-16(7-5-15)22(25)29-20-17-8-14-9-18(11-17)23(26)28-19(20)10-14/h5-8,14,16-17,19-20H,1,9-12H2,2-4H3;4-7,14-15,18-19H,1,8-12H2,2-3H3;4-7,13-14,17-20H,1,8-11H2,2-3H3. The van der Waals surface area contributed by atoms with Crippen molar-refractivity contribution < 1.29 is 85.8 Å². The first-order valence-corrected chi connectivity index (χ1v) is 30.9. The minimum absolute atomic E-state index is 0.0462. The lowest BCUT2D eigenvalue weighted by atomic mass is 9.65. The van der Waals surface area contributed by atoms with Gasteiger partial charge in [0.05, 0.1) is 34.4 Å². The summed E-state index contributed by atoms with van der Waals surface area (Å²) < 4.78 is 50.6. The molecule has 3 aromatic rings. The van der Waals surface area contributed by atoms with E-state index in [4.69, 9.17) is 42.6 Å². The molecule has 0 spiro atoms. The van der Waals surface area contributed by atoms with E-state index in [1.807, 2.05) is 0 Å². The highest BCUT2D eigenvalue weighted by Crippen LogP contribution is 2.53. The normalized spacial score (nSPS) is 30.4. The molecule has 6 heterocycles. The second kappa shape index (κ2) is 25.7. The third kappa shape index (κ3) is 14.2. The number of rotatable bonds is 15. The minimum Gasteiger partial charge on any atom is -0.462 e. The predicted molar refractivity (Wildman–Crippen MR) is 316 cm³/mol. The van der Waals surface area contributed by atoms with E-state index in [1.54, 1.807) is 121 Å². The van der Waals surface area contributed by atoms with Crippen molar-refractivity contribution in [3.8, 4) is 0 Å². The number of benzene rings is 3. The highest BCUT2D eigenvalue weighted by atomic mass is 16.6. The van der Waals surface area contributed by atoms with Crippen LogP contribution >= 0.6 is 0 Å². The smallest absolute Gasteiger partial charge is 0.338 e. The molecule has 6 aliphatic heterocycles. The molecular weight excluding hydrogens is 1130 g/mol. The van der Waals surface area contributed by atoms with Crippen molar-refractivity contribution in [3.05, 3.63) is 143 Å². The van der Waals surface area contributed by atoms with Crippen molar-refractivity contribution in [1.82, 2.24) is 0 Å². The first kappa shape index (κ1) is 63.1. The quantitative estimate of drug-likeness (QED) is 0.0781. The Balaban J connectivity index is 0.000000146. The first-order valence-electron chi connectivity index (χ1n) is 30.9. The fourth-order valence-corrected chi connectivity index (χ4v) is 14.8. The van der Waals surface area contributed by atoms with Gasteiger partial charge in [-0.3, -0.25) is 14.4 Å². The van der Waals surface area contributed by atoms with Gasteiger partial charge in [-0.25, -0.2) is 28.8 Å². The van der Waals surface area contributed by atoms with Crippen LogP contribution in [0.2, 0.25) is 0 Å². The Morgan fingerprint density at radius 2 is 0.909 bits per heavy atom. The third-order valence-electron chi connectivity index (χ3n) is 19.2. The molecule has 18 heteroatoms. The van der Waals surface area contributed by atoms with E-state index < -0.39 is 59.2 Å². The van der Waals surface area contributed by atoms with Gasteiger partial charge in [-0.05, 0) is 190 Å². The molecule has 15 rings (SSSR count). The molecule has 16 unspecified atom stereocenters. The fraction of sp³-hybridized carbons (Fsp3) is 0.529. The Labute approximate surface area is 513 Å². The molecule has 12 fully saturated rings. The molecule has 12 bridgehead atoms. The molecular formula is C70H80O18. The zero-order valence-electron chi connectivity index (χ0n) is 51.3. The lowest BCUT2D eigenvalue weighted by Gasteiger charge is -2.45. The van der Waals surface area contributed by atoms with Crippen LogP contribution in [0.25, 0.3) is 0 Å². The lowest BCUT2D eigenvalue weighted by Crippen LogP contribution is -2.48. The summed E-state index contributed by atoms with van der Waals surface area (Å²) in [6.45, 7) is 22.6. The zero-order valence-corrected chi connectivity index (χ0v) is 51.3. The molecule has 0 aromatic heterocycles. The Morgan fingerprint density at radius 3 is 1.36 bits per heavy atom. The summed E-state index contributed by atoms with van der Waals surface area (Å²) in [5.41, 5.74) is 3.13. The van der Waals surface area contributed by atoms with Gasteiger partial charge in [0.15, 0.2) is 0 Å². The highest BCUT2D eigenvalue weighted by molar-refractivity contribution is 5.92. The number of fused-ring (bicyclic) bond motifs is 3. The fourth-order valence-electron chi connectivity index (χ4n) is 14.8. The largest absolute Gasteiger partial charge is 0.462 e. The molecule has 6 aliphatic carbocycles. The van der Waals surface area contributed by atoms with E-state index in [2.05, 4.69) is 19.7 Å². The van der Waals surface area contributed by atoms with Crippen molar-refractivity contribution in [1.29, 1.82) is 0 Å². The zero-order chi connectivity index (χ0) is 63.1. The Bertz CT molecular complexity index is 3260. The molecule has 6 saturated heterocycles. The maximum atomic E-state index is 12.8. The highest BCUT2D eigenvalue weighted by Gasteiger charge is 2.56. The summed E-state index contributed by atoms with van der Waals surface area (Å²) in [6.07, 6.45) is 8.02. The van der Waals surface area contributed by atoms with Gasteiger partial charge >= 0.3 is 53.7 Å². The Morgan fingerprint density at radius 1 is 0.489 bits per heavy atom. The topological polar surface area (TPSA) is 237 Å². The van der Waals surface area contributed by atoms with Gasteiger partial charge in [-0.1, -0.05) is 56.1 Å². The molecule has 0 radical (unpaired) electrons. The molecule has 12 aliphatic rings. The monoisotopic (exact) mass is 1210 g/mol. The van der Waals surface area contributed by atoms with E-state index in [0.29, 0.717) is 64.0 Å². The van der Waals surface area contributed by atoms with Crippen LogP contribution in [-0.2, 0) is 77.0 Å². The average molecular weight is 1210 g/mol. The molecule has 88 heavy (non-hydrogen) atoms. The maximum Gasteiger partial charge on any atom is 0.338 e. The molecule has 0 amide bonds. The summed E-state index contributed by atoms with van der Waals surface area (Å²) in [5, 5.41) is 0. The van der Waals surface area contributed by atoms with Crippen LogP contribution in [0.5, 0.6) is 0 Å². The number of ether oxygens (including phenoxy) is 9. The Kier molecular flexibility index (Phi) is 18.4. The summed E-state index contributed by atoms with van der Waals surface area (Å²) in [5.74, 6) is -1.55. The summed E-state index contributed by atoms with van der Waals surface area (Å²) in [4.78, 5) is 110. The van der Waals surface area contributed by atoms with Gasteiger partial charge in [0.25, 0.3) is 0 Å². The SMILES string of the molecule is C=C(C)C(=O)OC(C)(C)c1ccc(C(=O)OC2C3CC4CC(C3)C(=O)OC2C4)cc1.C=C(C)C(=O)OC(C)c1ccc(C(=O)OC23CC4CC(C2)OC(=O)C(C4)C3)cc1.C=C(C)C(=O)OC(C)c1ccc(C(=O)OC2C3CC4CC(C3)C(=O)OC2C4)cc1. The van der Waals surface area contributed by atoms with E-state index in [0.717, 1.165) is 87.3 Å². The number of esters is 9.